The Kier molecular flexibility index (Phi) is 6.43. The molecule has 0 unspecified atom stereocenters. The highest BCUT2D eigenvalue weighted by Gasteiger charge is 2.31. The molecular weight excluding hydrogens is 401 g/mol. The first-order valence-electron chi connectivity index (χ1n) is 9.34. The zero-order valence-corrected chi connectivity index (χ0v) is 16.0. The molecule has 0 saturated carbocycles. The van der Waals surface area contributed by atoms with E-state index in [2.05, 4.69) is 10.3 Å². The van der Waals surface area contributed by atoms with Gasteiger partial charge in [0.2, 0.25) is 0 Å². The molecule has 0 bridgehead atoms. The number of carbonyl (C=O) groups excluding carboxylic acids is 2. The molecule has 1 aromatic heterocycles. The number of pyridine rings is 1. The van der Waals surface area contributed by atoms with Gasteiger partial charge in [-0.2, -0.15) is 13.2 Å². The minimum absolute atomic E-state index is 0.100. The second-order valence-corrected chi connectivity index (χ2v) is 6.99. The SMILES string of the molecule is NC(=O)c1cc(OCC2CCN(C(=O)Nc3cccc(C(F)(F)F)c3)CC2)ccn1. The summed E-state index contributed by atoms with van der Waals surface area (Å²) >= 11 is 0. The molecule has 1 fully saturated rings. The largest absolute Gasteiger partial charge is 0.493 e. The van der Waals surface area contributed by atoms with Gasteiger partial charge >= 0.3 is 12.2 Å². The third-order valence-electron chi connectivity index (χ3n) is 4.81. The maximum absolute atomic E-state index is 12.8. The lowest BCUT2D eigenvalue weighted by molar-refractivity contribution is -0.137. The summed E-state index contributed by atoms with van der Waals surface area (Å²) in [6, 6.07) is 7.20. The van der Waals surface area contributed by atoms with Crippen molar-refractivity contribution in [3.63, 3.8) is 0 Å². The molecule has 0 radical (unpaired) electrons. The highest BCUT2D eigenvalue weighted by Crippen LogP contribution is 2.30. The molecule has 1 aliphatic heterocycles. The Bertz CT molecular complexity index is 912. The van der Waals surface area contributed by atoms with Crippen LogP contribution < -0.4 is 15.8 Å². The zero-order valence-electron chi connectivity index (χ0n) is 16.0. The number of likely N-dealkylation sites (tertiary alicyclic amines) is 1. The molecule has 0 atom stereocenters. The summed E-state index contributed by atoms with van der Waals surface area (Å²) < 4.78 is 44.1. The van der Waals surface area contributed by atoms with Crippen molar-refractivity contribution in [2.24, 2.45) is 11.7 Å². The van der Waals surface area contributed by atoms with E-state index in [-0.39, 0.29) is 17.3 Å². The van der Waals surface area contributed by atoms with Crippen molar-refractivity contribution in [1.82, 2.24) is 9.88 Å². The number of rotatable bonds is 5. The normalized spacial score (nSPS) is 15.0. The van der Waals surface area contributed by atoms with Gasteiger partial charge in [-0.15, -0.1) is 0 Å². The molecule has 160 valence electrons. The monoisotopic (exact) mass is 422 g/mol. The number of piperidine rings is 1. The smallest absolute Gasteiger partial charge is 0.416 e. The third kappa shape index (κ3) is 5.62. The van der Waals surface area contributed by atoms with Crippen LogP contribution in [0.3, 0.4) is 0 Å². The molecule has 1 aliphatic rings. The molecule has 30 heavy (non-hydrogen) atoms. The van der Waals surface area contributed by atoms with E-state index >= 15 is 0 Å². The van der Waals surface area contributed by atoms with Crippen LogP contribution in [0.4, 0.5) is 23.7 Å². The fourth-order valence-electron chi connectivity index (χ4n) is 3.13. The van der Waals surface area contributed by atoms with Gasteiger partial charge < -0.3 is 20.7 Å². The van der Waals surface area contributed by atoms with Crippen LogP contribution in [0.5, 0.6) is 5.75 Å². The van der Waals surface area contributed by atoms with Gasteiger partial charge in [-0.3, -0.25) is 9.78 Å². The van der Waals surface area contributed by atoms with Crippen molar-refractivity contribution in [2.75, 3.05) is 25.0 Å². The average molecular weight is 422 g/mol. The van der Waals surface area contributed by atoms with Gasteiger partial charge in [-0.05, 0) is 43.0 Å². The van der Waals surface area contributed by atoms with Gasteiger partial charge in [0.1, 0.15) is 11.4 Å². The number of anilines is 1. The molecular formula is C20H21F3N4O3. The van der Waals surface area contributed by atoms with E-state index in [1.807, 2.05) is 0 Å². The van der Waals surface area contributed by atoms with Crippen LogP contribution in [-0.4, -0.2) is 41.5 Å². The number of hydrogen-bond donors (Lipinski definition) is 2. The van der Waals surface area contributed by atoms with Crippen molar-refractivity contribution in [2.45, 2.75) is 19.0 Å². The first-order chi connectivity index (χ1) is 14.2. The maximum atomic E-state index is 12.8. The van der Waals surface area contributed by atoms with Crippen LogP contribution in [0.25, 0.3) is 0 Å². The molecule has 3 amide bonds. The van der Waals surface area contributed by atoms with E-state index in [0.717, 1.165) is 12.1 Å². The van der Waals surface area contributed by atoms with E-state index in [9.17, 15) is 22.8 Å². The number of hydrogen-bond acceptors (Lipinski definition) is 4. The molecule has 1 saturated heterocycles. The molecule has 1 aromatic carbocycles. The van der Waals surface area contributed by atoms with Gasteiger partial charge in [-0.1, -0.05) is 6.07 Å². The van der Waals surface area contributed by atoms with Crippen LogP contribution in [0.2, 0.25) is 0 Å². The molecule has 2 aromatic rings. The summed E-state index contributed by atoms with van der Waals surface area (Å²) in [5.41, 5.74) is 4.60. The Morgan fingerprint density at radius 1 is 1.20 bits per heavy atom. The Morgan fingerprint density at radius 3 is 2.60 bits per heavy atom. The summed E-state index contributed by atoms with van der Waals surface area (Å²) in [6.45, 7) is 1.33. The standard InChI is InChI=1S/C20H21F3N4O3/c21-20(22,23)14-2-1-3-15(10-14)26-19(29)27-8-5-13(6-9-27)12-30-16-4-7-25-17(11-16)18(24)28/h1-4,7,10-11,13H,5-6,8-9,12H2,(H2,24,28)(H,26,29). The van der Waals surface area contributed by atoms with Crippen LogP contribution in [0, 0.1) is 5.92 Å². The van der Waals surface area contributed by atoms with Gasteiger partial charge in [0.25, 0.3) is 5.91 Å². The summed E-state index contributed by atoms with van der Waals surface area (Å²) in [5.74, 6) is 0.0526. The van der Waals surface area contributed by atoms with E-state index < -0.39 is 23.7 Å². The Labute approximate surface area is 171 Å². The number of halogens is 3. The fourth-order valence-corrected chi connectivity index (χ4v) is 3.13. The van der Waals surface area contributed by atoms with E-state index in [1.54, 1.807) is 11.0 Å². The second kappa shape index (κ2) is 9.02. The predicted molar refractivity (Wildman–Crippen MR) is 103 cm³/mol. The average Bonchev–Trinajstić information content (AvgIpc) is 2.72. The first kappa shape index (κ1) is 21.4. The molecule has 7 nitrogen and oxygen atoms in total. The van der Waals surface area contributed by atoms with E-state index in [4.69, 9.17) is 10.5 Å². The van der Waals surface area contributed by atoms with Crippen molar-refractivity contribution in [1.29, 1.82) is 0 Å². The lowest BCUT2D eigenvalue weighted by Gasteiger charge is -2.32. The minimum Gasteiger partial charge on any atom is -0.493 e. The molecule has 0 spiro atoms. The number of aromatic nitrogens is 1. The molecule has 3 N–H and O–H groups in total. The number of amides is 3. The van der Waals surface area contributed by atoms with Crippen molar-refractivity contribution in [3.8, 4) is 5.75 Å². The topological polar surface area (TPSA) is 97.6 Å². The molecule has 2 heterocycles. The first-order valence-corrected chi connectivity index (χ1v) is 9.34. The number of benzene rings is 1. The summed E-state index contributed by atoms with van der Waals surface area (Å²) in [6.07, 6.45) is -1.66. The molecule has 3 rings (SSSR count). The lowest BCUT2D eigenvalue weighted by atomic mass is 9.98. The highest BCUT2D eigenvalue weighted by atomic mass is 19.4. The summed E-state index contributed by atoms with van der Waals surface area (Å²) in [5, 5.41) is 2.52. The van der Waals surface area contributed by atoms with E-state index in [1.165, 1.54) is 24.4 Å². The van der Waals surface area contributed by atoms with E-state index in [0.29, 0.717) is 38.3 Å². The van der Waals surface area contributed by atoms with Crippen molar-refractivity contribution in [3.05, 3.63) is 53.9 Å². The quantitative estimate of drug-likeness (QED) is 0.770. The number of alkyl halides is 3. The van der Waals surface area contributed by atoms with Crippen LogP contribution in [0.15, 0.2) is 42.6 Å². The predicted octanol–water partition coefficient (Wildman–Crippen LogP) is 3.52. The Morgan fingerprint density at radius 2 is 1.93 bits per heavy atom. The number of primary amides is 1. The van der Waals surface area contributed by atoms with Gasteiger partial charge in [0.15, 0.2) is 0 Å². The molecule has 0 aliphatic carbocycles. The van der Waals surface area contributed by atoms with Crippen molar-refractivity contribution >= 4 is 17.6 Å². The van der Waals surface area contributed by atoms with Crippen LogP contribution in [0.1, 0.15) is 28.9 Å². The number of nitrogens with two attached hydrogens (primary N) is 1. The van der Waals surface area contributed by atoms with Crippen molar-refractivity contribution < 1.29 is 27.5 Å². The second-order valence-electron chi connectivity index (χ2n) is 6.99. The number of urea groups is 1. The summed E-state index contributed by atoms with van der Waals surface area (Å²) in [4.78, 5) is 28.9. The Balaban J connectivity index is 1.48. The number of carbonyl (C=O) groups is 2. The fraction of sp³-hybridized carbons (Fsp3) is 0.350. The zero-order chi connectivity index (χ0) is 21.7. The van der Waals surface area contributed by atoms with Gasteiger partial charge in [0, 0.05) is 31.0 Å². The number of nitrogens with one attached hydrogen (secondary N) is 1. The number of nitrogens with zero attached hydrogens (tertiary/aromatic N) is 2. The number of ether oxygens (including phenoxy) is 1. The van der Waals surface area contributed by atoms with Gasteiger partial charge in [0.05, 0.1) is 12.2 Å². The summed E-state index contributed by atoms with van der Waals surface area (Å²) in [7, 11) is 0. The third-order valence-corrected chi connectivity index (χ3v) is 4.81. The van der Waals surface area contributed by atoms with Crippen LogP contribution in [-0.2, 0) is 6.18 Å². The lowest BCUT2D eigenvalue weighted by Crippen LogP contribution is -2.42. The molecule has 10 heteroatoms. The van der Waals surface area contributed by atoms with Crippen LogP contribution >= 0.6 is 0 Å². The minimum atomic E-state index is -4.47. The highest BCUT2D eigenvalue weighted by molar-refractivity contribution is 5.91. The maximum Gasteiger partial charge on any atom is 0.416 e. The Hall–Kier alpha value is -3.30. The van der Waals surface area contributed by atoms with Gasteiger partial charge in [-0.25, -0.2) is 4.79 Å².